The second-order valence-electron chi connectivity index (χ2n) is 14.9. The van der Waals surface area contributed by atoms with Gasteiger partial charge in [-0.25, -0.2) is 0 Å². The molecule has 1 heterocycles. The quantitative estimate of drug-likeness (QED) is 0.163. The van der Waals surface area contributed by atoms with E-state index in [1.54, 1.807) is 0 Å². The van der Waals surface area contributed by atoms with Crippen LogP contribution in [-0.2, 0) is 5.41 Å². The Morgan fingerprint density at radius 3 is 1.68 bits per heavy atom. The van der Waals surface area contributed by atoms with Gasteiger partial charge in [0.15, 0.2) is 0 Å². The third-order valence-corrected chi connectivity index (χ3v) is 11.7. The average Bonchev–Trinajstić information content (AvgIpc) is 3.81. The van der Waals surface area contributed by atoms with Crippen LogP contribution in [-0.4, -0.2) is 0 Å². The zero-order valence-corrected chi connectivity index (χ0v) is 31.2. The maximum atomic E-state index is 6.79. The van der Waals surface area contributed by atoms with Crippen LogP contribution in [0.1, 0.15) is 22.3 Å². The van der Waals surface area contributed by atoms with Crippen LogP contribution >= 0.6 is 0 Å². The third kappa shape index (κ3) is 5.33. The molecule has 0 spiro atoms. The van der Waals surface area contributed by atoms with E-state index in [1.807, 2.05) is 0 Å². The molecule has 0 unspecified atom stereocenters. The third-order valence-electron chi connectivity index (χ3n) is 11.7. The Morgan fingerprint density at radius 2 is 0.930 bits per heavy atom. The van der Waals surface area contributed by atoms with Crippen molar-refractivity contribution in [1.29, 1.82) is 0 Å². The lowest BCUT2D eigenvalue weighted by Crippen LogP contribution is -2.28. The van der Waals surface area contributed by atoms with Gasteiger partial charge in [-0.3, -0.25) is 0 Å². The molecule has 0 aliphatic heterocycles. The summed E-state index contributed by atoms with van der Waals surface area (Å²) >= 11 is 0. The van der Waals surface area contributed by atoms with Crippen molar-refractivity contribution in [3.8, 4) is 33.6 Å². The minimum absolute atomic E-state index is 0.578. The summed E-state index contributed by atoms with van der Waals surface area (Å²) in [6.45, 7) is 0. The summed E-state index contributed by atoms with van der Waals surface area (Å²) in [5.74, 6) is 0.945. The number of para-hydroxylation sites is 1. The SMILES string of the molecule is c1ccc(-c2ccc(N(c3cccc(-c4ccc5c(c4)C(c4ccccc4)(c4ccccc4)c4c-5oc5ccccc45)c3)c3ccc4ccccc4c3)cc2)cc1. The minimum atomic E-state index is -0.578. The first-order valence-electron chi connectivity index (χ1n) is 19.6. The predicted octanol–water partition coefficient (Wildman–Crippen LogP) is 14.8. The molecule has 0 N–H and O–H groups in total. The fraction of sp³-hybridized carbons (Fsp3) is 0.0182. The van der Waals surface area contributed by atoms with E-state index in [1.165, 1.54) is 44.2 Å². The maximum absolute atomic E-state index is 6.79. The molecule has 2 heteroatoms. The number of fused-ring (bicyclic) bond motifs is 6. The van der Waals surface area contributed by atoms with E-state index in [0.717, 1.165) is 50.5 Å². The molecule has 0 saturated carbocycles. The molecule has 1 aliphatic rings. The molecular weight excluding hydrogens is 691 g/mol. The Kier molecular flexibility index (Phi) is 7.75. The van der Waals surface area contributed by atoms with Gasteiger partial charge in [0.2, 0.25) is 0 Å². The molecule has 9 aromatic carbocycles. The van der Waals surface area contributed by atoms with Gasteiger partial charge in [-0.2, -0.15) is 0 Å². The lowest BCUT2D eigenvalue weighted by Gasteiger charge is -2.33. The van der Waals surface area contributed by atoms with Crippen LogP contribution in [0.4, 0.5) is 17.1 Å². The fourth-order valence-corrected chi connectivity index (χ4v) is 9.14. The van der Waals surface area contributed by atoms with Gasteiger partial charge in [-0.1, -0.05) is 176 Å². The van der Waals surface area contributed by atoms with E-state index < -0.39 is 5.41 Å². The van der Waals surface area contributed by atoms with E-state index in [0.29, 0.717) is 0 Å². The van der Waals surface area contributed by atoms with Crippen molar-refractivity contribution in [3.05, 3.63) is 247 Å². The molecule has 1 aromatic heterocycles. The first-order chi connectivity index (χ1) is 28.3. The fourth-order valence-electron chi connectivity index (χ4n) is 9.14. The predicted molar refractivity (Wildman–Crippen MR) is 237 cm³/mol. The molecule has 57 heavy (non-hydrogen) atoms. The Bertz CT molecular complexity index is 3020. The number of rotatable bonds is 7. The van der Waals surface area contributed by atoms with Crippen molar-refractivity contribution in [2.45, 2.75) is 5.41 Å². The van der Waals surface area contributed by atoms with Crippen molar-refractivity contribution in [2.24, 2.45) is 0 Å². The Labute approximate surface area is 332 Å². The second-order valence-corrected chi connectivity index (χ2v) is 14.9. The number of hydrogen-bond donors (Lipinski definition) is 0. The highest BCUT2D eigenvalue weighted by atomic mass is 16.3. The largest absolute Gasteiger partial charge is 0.456 e. The highest BCUT2D eigenvalue weighted by molar-refractivity contribution is 5.98. The highest BCUT2D eigenvalue weighted by Crippen LogP contribution is 2.59. The van der Waals surface area contributed by atoms with E-state index >= 15 is 0 Å². The molecule has 0 bridgehead atoms. The summed E-state index contributed by atoms with van der Waals surface area (Å²) in [5, 5.41) is 3.57. The van der Waals surface area contributed by atoms with E-state index in [4.69, 9.17) is 4.42 Å². The van der Waals surface area contributed by atoms with Gasteiger partial charge in [-0.15, -0.1) is 0 Å². The van der Waals surface area contributed by atoms with Crippen molar-refractivity contribution in [3.63, 3.8) is 0 Å². The van der Waals surface area contributed by atoms with Crippen LogP contribution in [0.25, 0.3) is 55.3 Å². The molecule has 2 nitrogen and oxygen atoms in total. The molecule has 0 radical (unpaired) electrons. The second kappa shape index (κ2) is 13.4. The average molecular weight is 728 g/mol. The lowest BCUT2D eigenvalue weighted by molar-refractivity contribution is 0.628. The van der Waals surface area contributed by atoms with Crippen LogP contribution < -0.4 is 4.90 Å². The molecule has 0 fully saturated rings. The molecule has 11 rings (SSSR count). The lowest BCUT2D eigenvalue weighted by atomic mass is 9.67. The van der Waals surface area contributed by atoms with Crippen LogP contribution in [0.15, 0.2) is 229 Å². The summed E-state index contributed by atoms with van der Waals surface area (Å²) in [6.07, 6.45) is 0. The normalized spacial score (nSPS) is 12.7. The maximum Gasteiger partial charge on any atom is 0.140 e. The summed E-state index contributed by atoms with van der Waals surface area (Å²) in [6, 6.07) is 81.1. The van der Waals surface area contributed by atoms with Crippen LogP contribution in [0.2, 0.25) is 0 Å². The number of hydrogen-bond acceptors (Lipinski definition) is 2. The molecule has 0 amide bonds. The van der Waals surface area contributed by atoms with Crippen LogP contribution in [0.3, 0.4) is 0 Å². The number of furan rings is 1. The van der Waals surface area contributed by atoms with Gasteiger partial charge in [0.1, 0.15) is 11.3 Å². The number of anilines is 3. The van der Waals surface area contributed by atoms with Gasteiger partial charge in [0.25, 0.3) is 0 Å². The molecule has 0 atom stereocenters. The van der Waals surface area contributed by atoms with Crippen LogP contribution in [0.5, 0.6) is 0 Å². The Balaban J connectivity index is 1.09. The van der Waals surface area contributed by atoms with Gasteiger partial charge < -0.3 is 9.32 Å². The van der Waals surface area contributed by atoms with E-state index in [-0.39, 0.29) is 0 Å². The summed E-state index contributed by atoms with van der Waals surface area (Å²) < 4.78 is 6.79. The van der Waals surface area contributed by atoms with Crippen LogP contribution in [0, 0.1) is 0 Å². The smallest absolute Gasteiger partial charge is 0.140 e. The van der Waals surface area contributed by atoms with Gasteiger partial charge >= 0.3 is 0 Å². The van der Waals surface area contributed by atoms with Crippen molar-refractivity contribution in [1.82, 2.24) is 0 Å². The van der Waals surface area contributed by atoms with Crippen molar-refractivity contribution in [2.75, 3.05) is 4.90 Å². The minimum Gasteiger partial charge on any atom is -0.456 e. The summed E-state index contributed by atoms with van der Waals surface area (Å²) in [4.78, 5) is 2.37. The van der Waals surface area contributed by atoms with Gasteiger partial charge in [-0.05, 0) is 98.2 Å². The first-order valence-corrected chi connectivity index (χ1v) is 19.6. The number of nitrogens with zero attached hydrogens (tertiary/aromatic N) is 1. The molecule has 0 saturated heterocycles. The Hall–Kier alpha value is -7.42. The summed E-state index contributed by atoms with van der Waals surface area (Å²) in [7, 11) is 0. The zero-order chi connectivity index (χ0) is 37.8. The topological polar surface area (TPSA) is 16.4 Å². The highest BCUT2D eigenvalue weighted by Gasteiger charge is 2.49. The van der Waals surface area contributed by atoms with Gasteiger partial charge in [0, 0.05) is 33.6 Å². The molecule has 10 aromatic rings. The summed E-state index contributed by atoms with van der Waals surface area (Å²) in [5.41, 5.74) is 14.3. The zero-order valence-electron chi connectivity index (χ0n) is 31.2. The molecular formula is C55H37NO. The molecule has 268 valence electrons. The molecule has 1 aliphatic carbocycles. The van der Waals surface area contributed by atoms with Crippen molar-refractivity contribution >= 4 is 38.8 Å². The number of benzene rings is 9. The van der Waals surface area contributed by atoms with E-state index in [9.17, 15) is 0 Å². The van der Waals surface area contributed by atoms with Gasteiger partial charge in [0.05, 0.1) is 5.41 Å². The monoisotopic (exact) mass is 727 g/mol. The first kappa shape index (κ1) is 33.0. The van der Waals surface area contributed by atoms with Crippen molar-refractivity contribution < 1.29 is 4.42 Å². The standard InChI is InChI=1S/C55H37NO/c1-4-15-38(16-5-1)40-27-31-46(32-28-40)56(48-33-29-39-17-10-11-18-41(39)35-48)47-24-14-19-42(36-47)43-30-34-49-51(37-43)55(44-20-6-2-7-21-44,45-22-8-3-9-23-45)53-50-25-12-13-26-52(50)57-54(49)53/h1-37H. The Morgan fingerprint density at radius 1 is 0.368 bits per heavy atom. The van der Waals surface area contributed by atoms with E-state index in [2.05, 4.69) is 229 Å².